The van der Waals surface area contributed by atoms with E-state index in [9.17, 15) is 5.11 Å². The van der Waals surface area contributed by atoms with E-state index in [0.29, 0.717) is 0 Å². The van der Waals surface area contributed by atoms with Gasteiger partial charge in [0.2, 0.25) is 0 Å². The van der Waals surface area contributed by atoms with Crippen molar-refractivity contribution in [3.05, 3.63) is 41.5 Å². The predicted molar refractivity (Wildman–Crippen MR) is 103 cm³/mol. The van der Waals surface area contributed by atoms with Gasteiger partial charge in [-0.05, 0) is 25.3 Å². The van der Waals surface area contributed by atoms with Crippen molar-refractivity contribution in [2.45, 2.75) is 25.3 Å². The zero-order chi connectivity index (χ0) is 17.4. The molecule has 0 bridgehead atoms. The molecule has 5 nitrogen and oxygen atoms in total. The lowest BCUT2D eigenvalue weighted by atomic mass is 9.89. The first kappa shape index (κ1) is 16.4. The number of aryl methyl sites for hydroxylation is 1. The first-order chi connectivity index (χ1) is 12.1. The van der Waals surface area contributed by atoms with Crippen molar-refractivity contribution in [3.8, 4) is 11.1 Å². The highest BCUT2D eigenvalue weighted by Crippen LogP contribution is 2.39. The molecular weight excluding hydrogens is 332 g/mol. The largest absolute Gasteiger partial charge is 0.394 e. The molecule has 0 unspecified atom stereocenters. The average molecular weight is 354 g/mol. The molecule has 4 rings (SSSR count). The van der Waals surface area contributed by atoms with Gasteiger partial charge in [0, 0.05) is 29.6 Å². The second-order valence-corrected chi connectivity index (χ2v) is 7.66. The third kappa shape index (κ3) is 3.01. The summed E-state index contributed by atoms with van der Waals surface area (Å²) >= 11 is 1.66. The van der Waals surface area contributed by atoms with Gasteiger partial charge in [-0.3, -0.25) is 0 Å². The van der Waals surface area contributed by atoms with Crippen LogP contribution in [0.25, 0.3) is 21.3 Å². The summed E-state index contributed by atoms with van der Waals surface area (Å²) in [6.45, 7) is 3.57. The lowest BCUT2D eigenvalue weighted by molar-refractivity contribution is 0.170. The molecule has 1 aliphatic rings. The molecule has 0 amide bonds. The van der Waals surface area contributed by atoms with Crippen LogP contribution in [0, 0.1) is 6.92 Å². The number of aliphatic hydroxyl groups is 1. The number of hydrogen-bond donors (Lipinski definition) is 2. The fourth-order valence-corrected chi connectivity index (χ4v) is 4.40. The molecule has 0 saturated carbocycles. The number of aliphatic hydroxyl groups excluding tert-OH is 1. The summed E-state index contributed by atoms with van der Waals surface area (Å²) in [5.41, 5.74) is 8.14. The van der Waals surface area contributed by atoms with Gasteiger partial charge in [0.15, 0.2) is 0 Å². The summed E-state index contributed by atoms with van der Waals surface area (Å²) in [5.74, 6) is 1.78. The minimum Gasteiger partial charge on any atom is -0.394 e. The molecule has 1 aliphatic heterocycles. The maximum atomic E-state index is 9.52. The van der Waals surface area contributed by atoms with Gasteiger partial charge in [-0.2, -0.15) is 0 Å². The van der Waals surface area contributed by atoms with Crippen LogP contribution in [0.15, 0.2) is 35.7 Å². The van der Waals surface area contributed by atoms with Crippen LogP contribution in [0.5, 0.6) is 0 Å². The number of thiophene rings is 1. The Labute approximate surface area is 151 Å². The van der Waals surface area contributed by atoms with Crippen molar-refractivity contribution in [1.82, 2.24) is 9.97 Å². The number of fused-ring (bicyclic) bond motifs is 1. The van der Waals surface area contributed by atoms with E-state index in [4.69, 9.17) is 10.7 Å². The van der Waals surface area contributed by atoms with E-state index < -0.39 is 5.54 Å². The van der Waals surface area contributed by atoms with E-state index in [2.05, 4.69) is 39.5 Å². The van der Waals surface area contributed by atoms with Crippen molar-refractivity contribution in [3.63, 3.8) is 0 Å². The highest BCUT2D eigenvalue weighted by atomic mass is 32.1. The molecule has 6 heteroatoms. The predicted octanol–water partition coefficient (Wildman–Crippen LogP) is 2.96. The second-order valence-electron chi connectivity index (χ2n) is 6.80. The number of hydrogen-bond acceptors (Lipinski definition) is 6. The summed E-state index contributed by atoms with van der Waals surface area (Å²) in [5, 5.41) is 12.8. The van der Waals surface area contributed by atoms with Crippen LogP contribution in [0.1, 0.15) is 18.7 Å². The third-order valence-corrected chi connectivity index (χ3v) is 5.86. The SMILES string of the molecule is Cc1nc(N2CCC(N)(CO)CC2)c2c(-c3ccccc3)csc2n1. The molecule has 0 radical (unpaired) electrons. The van der Waals surface area contributed by atoms with E-state index >= 15 is 0 Å². The first-order valence-corrected chi connectivity index (χ1v) is 9.43. The maximum absolute atomic E-state index is 9.52. The molecule has 1 aromatic carbocycles. The monoisotopic (exact) mass is 354 g/mol. The molecule has 0 aliphatic carbocycles. The molecule has 3 aromatic rings. The van der Waals surface area contributed by atoms with Gasteiger partial charge >= 0.3 is 0 Å². The van der Waals surface area contributed by atoms with Crippen LogP contribution >= 0.6 is 11.3 Å². The molecule has 0 spiro atoms. The van der Waals surface area contributed by atoms with Crippen LogP contribution in [0.2, 0.25) is 0 Å². The Morgan fingerprint density at radius 1 is 1.20 bits per heavy atom. The normalized spacial score (nSPS) is 17.2. The topological polar surface area (TPSA) is 75.3 Å². The minimum atomic E-state index is -0.464. The van der Waals surface area contributed by atoms with E-state index in [1.165, 1.54) is 11.1 Å². The minimum absolute atomic E-state index is 0.0345. The Kier molecular flexibility index (Phi) is 4.19. The van der Waals surface area contributed by atoms with E-state index in [1.54, 1.807) is 11.3 Å². The number of aromatic nitrogens is 2. The number of nitrogens with zero attached hydrogens (tertiary/aromatic N) is 3. The van der Waals surface area contributed by atoms with E-state index in [1.807, 2.05) is 13.0 Å². The molecular formula is C19H22N4OS. The Morgan fingerprint density at radius 3 is 2.60 bits per heavy atom. The van der Waals surface area contributed by atoms with E-state index in [-0.39, 0.29) is 6.61 Å². The Morgan fingerprint density at radius 2 is 1.92 bits per heavy atom. The smallest absolute Gasteiger partial charge is 0.141 e. The second kappa shape index (κ2) is 6.37. The molecule has 3 heterocycles. The lowest BCUT2D eigenvalue weighted by Crippen LogP contribution is -2.53. The quantitative estimate of drug-likeness (QED) is 0.756. The van der Waals surface area contributed by atoms with Crippen LogP contribution < -0.4 is 10.6 Å². The number of benzene rings is 1. The van der Waals surface area contributed by atoms with Crippen LogP contribution in [-0.2, 0) is 0 Å². The van der Waals surface area contributed by atoms with Gasteiger partial charge in [-0.1, -0.05) is 30.3 Å². The average Bonchev–Trinajstić information content (AvgIpc) is 3.06. The highest BCUT2D eigenvalue weighted by Gasteiger charge is 2.31. The molecule has 0 atom stereocenters. The molecule has 130 valence electrons. The summed E-state index contributed by atoms with van der Waals surface area (Å²) in [6.07, 6.45) is 1.53. The molecule has 2 aromatic heterocycles. The first-order valence-electron chi connectivity index (χ1n) is 8.56. The van der Waals surface area contributed by atoms with Crippen molar-refractivity contribution < 1.29 is 5.11 Å². The Bertz CT molecular complexity index is 885. The Balaban J connectivity index is 1.80. The Hall–Kier alpha value is -2.02. The standard InChI is InChI=1S/C19H22N4OS/c1-13-21-17(23-9-7-19(20,12-24)8-10-23)16-15(11-25-18(16)22-13)14-5-3-2-4-6-14/h2-6,11,24H,7-10,12,20H2,1H3. The van der Waals surface area contributed by atoms with Crippen LogP contribution in [0.4, 0.5) is 5.82 Å². The summed E-state index contributed by atoms with van der Waals surface area (Å²) in [6, 6.07) is 10.4. The summed E-state index contributed by atoms with van der Waals surface area (Å²) in [4.78, 5) is 12.7. The van der Waals surface area contributed by atoms with Crippen LogP contribution in [-0.4, -0.2) is 40.3 Å². The fraction of sp³-hybridized carbons (Fsp3) is 0.368. The van der Waals surface area contributed by atoms with Crippen molar-refractivity contribution >= 4 is 27.4 Å². The number of rotatable bonds is 3. The number of anilines is 1. The van der Waals surface area contributed by atoms with Gasteiger partial charge in [-0.15, -0.1) is 11.3 Å². The zero-order valence-electron chi connectivity index (χ0n) is 14.3. The summed E-state index contributed by atoms with van der Waals surface area (Å²) in [7, 11) is 0. The van der Waals surface area contributed by atoms with Gasteiger partial charge in [0.1, 0.15) is 16.5 Å². The van der Waals surface area contributed by atoms with Crippen molar-refractivity contribution in [2.24, 2.45) is 5.73 Å². The van der Waals surface area contributed by atoms with Gasteiger partial charge < -0.3 is 15.7 Å². The highest BCUT2D eigenvalue weighted by molar-refractivity contribution is 7.17. The third-order valence-electron chi connectivity index (χ3n) is 4.98. The lowest BCUT2D eigenvalue weighted by Gasteiger charge is -2.38. The molecule has 3 N–H and O–H groups in total. The van der Waals surface area contributed by atoms with Crippen molar-refractivity contribution in [1.29, 1.82) is 0 Å². The fourth-order valence-electron chi connectivity index (χ4n) is 3.41. The zero-order valence-corrected chi connectivity index (χ0v) is 15.1. The van der Waals surface area contributed by atoms with Gasteiger partial charge in [-0.25, -0.2) is 9.97 Å². The summed E-state index contributed by atoms with van der Waals surface area (Å²) < 4.78 is 0. The number of nitrogens with two attached hydrogens (primary N) is 1. The van der Waals surface area contributed by atoms with Crippen LogP contribution in [0.3, 0.4) is 0 Å². The van der Waals surface area contributed by atoms with E-state index in [0.717, 1.165) is 47.8 Å². The van der Waals surface area contributed by atoms with Crippen molar-refractivity contribution in [2.75, 3.05) is 24.6 Å². The van der Waals surface area contributed by atoms with Gasteiger partial charge in [0.05, 0.1) is 12.0 Å². The molecule has 1 fully saturated rings. The molecule has 1 saturated heterocycles. The maximum Gasteiger partial charge on any atom is 0.141 e. The number of piperidine rings is 1. The molecule has 25 heavy (non-hydrogen) atoms. The van der Waals surface area contributed by atoms with Gasteiger partial charge in [0.25, 0.3) is 0 Å².